The molecule has 118 valence electrons. The van der Waals surface area contributed by atoms with Crippen LogP contribution in [0.2, 0.25) is 0 Å². The first-order chi connectivity index (χ1) is 9.66. The van der Waals surface area contributed by atoms with Crippen molar-refractivity contribution in [2.75, 3.05) is 13.6 Å². The first-order valence-electron chi connectivity index (χ1n) is 7.56. The van der Waals surface area contributed by atoms with Crippen molar-refractivity contribution in [2.24, 2.45) is 11.7 Å². The minimum Gasteiger partial charge on any atom is -0.345 e. The van der Waals surface area contributed by atoms with Gasteiger partial charge in [0.15, 0.2) is 0 Å². The van der Waals surface area contributed by atoms with Crippen LogP contribution < -0.4 is 5.73 Å². The predicted molar refractivity (Wildman–Crippen MR) is 87.4 cm³/mol. The molecule has 2 unspecified atom stereocenters. The van der Waals surface area contributed by atoms with Crippen LogP contribution in [0.1, 0.15) is 37.8 Å². The van der Waals surface area contributed by atoms with Gasteiger partial charge in [-0.25, -0.2) is 0 Å². The van der Waals surface area contributed by atoms with Gasteiger partial charge in [-0.1, -0.05) is 18.9 Å². The lowest BCUT2D eigenvalue weighted by Crippen LogP contribution is -2.38. The lowest BCUT2D eigenvalue weighted by Gasteiger charge is -2.29. The summed E-state index contributed by atoms with van der Waals surface area (Å²) < 4.78 is 0. The molecular formula is C16H26ClN3O. The molecule has 2 atom stereocenters. The molecule has 21 heavy (non-hydrogen) atoms. The number of pyridine rings is 1. The monoisotopic (exact) mass is 311 g/mol. The Balaban J connectivity index is 0.00000220. The van der Waals surface area contributed by atoms with Gasteiger partial charge in [0.1, 0.15) is 0 Å². The van der Waals surface area contributed by atoms with E-state index in [0.717, 1.165) is 31.5 Å². The molecule has 1 saturated carbocycles. The number of rotatable bonds is 5. The molecule has 0 aliphatic heterocycles. The molecule has 1 aliphatic rings. The summed E-state index contributed by atoms with van der Waals surface area (Å²) in [4.78, 5) is 18.3. The normalized spacial score (nSPS) is 21.4. The largest absolute Gasteiger partial charge is 0.345 e. The zero-order valence-corrected chi connectivity index (χ0v) is 13.5. The molecule has 1 aromatic rings. The van der Waals surface area contributed by atoms with Gasteiger partial charge in [-0.15, -0.1) is 12.4 Å². The smallest absolute Gasteiger partial charge is 0.222 e. The van der Waals surface area contributed by atoms with Gasteiger partial charge in [0, 0.05) is 44.4 Å². The van der Waals surface area contributed by atoms with Gasteiger partial charge < -0.3 is 10.6 Å². The molecule has 1 amide bonds. The topological polar surface area (TPSA) is 59.2 Å². The highest BCUT2D eigenvalue weighted by molar-refractivity contribution is 5.85. The van der Waals surface area contributed by atoms with Crippen molar-refractivity contribution in [2.45, 2.75) is 44.6 Å². The molecule has 1 aromatic heterocycles. The molecule has 0 saturated heterocycles. The van der Waals surface area contributed by atoms with E-state index in [0.29, 0.717) is 12.3 Å². The van der Waals surface area contributed by atoms with E-state index in [9.17, 15) is 4.79 Å². The fourth-order valence-corrected chi connectivity index (χ4v) is 2.82. The van der Waals surface area contributed by atoms with E-state index in [1.165, 1.54) is 12.8 Å². The van der Waals surface area contributed by atoms with E-state index in [1.807, 2.05) is 30.1 Å². The molecule has 0 radical (unpaired) electrons. The molecule has 5 heteroatoms. The van der Waals surface area contributed by atoms with E-state index < -0.39 is 0 Å². The lowest BCUT2D eigenvalue weighted by molar-refractivity contribution is -0.131. The number of carbonyl (C=O) groups is 1. The van der Waals surface area contributed by atoms with Gasteiger partial charge in [0.25, 0.3) is 0 Å². The number of nitrogens with two attached hydrogens (primary N) is 1. The zero-order valence-electron chi connectivity index (χ0n) is 12.7. The Morgan fingerprint density at radius 1 is 1.38 bits per heavy atom. The van der Waals surface area contributed by atoms with Crippen LogP contribution >= 0.6 is 12.4 Å². The number of carbonyl (C=O) groups excluding carboxylic acids is 1. The van der Waals surface area contributed by atoms with E-state index in [-0.39, 0.29) is 24.4 Å². The zero-order chi connectivity index (χ0) is 14.4. The summed E-state index contributed by atoms with van der Waals surface area (Å²) in [6.07, 6.45) is 7.78. The standard InChI is InChI=1S/C16H25N3O.ClH/c1-19(11-9-14-7-4-5-10-18-14)16(20)12-13-6-2-3-8-15(13)17;/h4-5,7,10,13,15H,2-3,6,8-9,11-12,17H2,1H3;1H. The van der Waals surface area contributed by atoms with E-state index in [4.69, 9.17) is 5.73 Å². The van der Waals surface area contributed by atoms with Crippen LogP contribution in [-0.4, -0.2) is 35.4 Å². The fourth-order valence-electron chi connectivity index (χ4n) is 2.82. The Hall–Kier alpha value is -1.13. The first-order valence-corrected chi connectivity index (χ1v) is 7.56. The molecular weight excluding hydrogens is 286 g/mol. The van der Waals surface area contributed by atoms with E-state index in [1.54, 1.807) is 6.20 Å². The predicted octanol–water partition coefficient (Wildman–Crippen LogP) is 2.41. The molecule has 1 heterocycles. The maximum Gasteiger partial charge on any atom is 0.222 e. The van der Waals surface area contributed by atoms with Gasteiger partial charge >= 0.3 is 0 Å². The number of nitrogens with zero attached hydrogens (tertiary/aromatic N) is 2. The van der Waals surface area contributed by atoms with Crippen molar-refractivity contribution in [1.29, 1.82) is 0 Å². The minimum absolute atomic E-state index is 0. The van der Waals surface area contributed by atoms with Crippen molar-refractivity contribution in [3.63, 3.8) is 0 Å². The second-order valence-electron chi connectivity index (χ2n) is 5.80. The Labute approximate surface area is 133 Å². The van der Waals surface area contributed by atoms with Crippen LogP contribution in [-0.2, 0) is 11.2 Å². The van der Waals surface area contributed by atoms with Crippen molar-refractivity contribution in [1.82, 2.24) is 9.88 Å². The van der Waals surface area contributed by atoms with Crippen LogP contribution in [0, 0.1) is 5.92 Å². The lowest BCUT2D eigenvalue weighted by atomic mass is 9.83. The third-order valence-corrected chi connectivity index (χ3v) is 4.26. The van der Waals surface area contributed by atoms with E-state index in [2.05, 4.69) is 4.98 Å². The summed E-state index contributed by atoms with van der Waals surface area (Å²) in [5, 5.41) is 0. The second-order valence-corrected chi connectivity index (χ2v) is 5.80. The molecule has 0 spiro atoms. The van der Waals surface area contributed by atoms with Gasteiger partial charge in [-0.3, -0.25) is 9.78 Å². The number of amides is 1. The maximum absolute atomic E-state index is 12.2. The number of hydrogen-bond donors (Lipinski definition) is 1. The molecule has 0 aromatic carbocycles. The molecule has 2 rings (SSSR count). The second kappa shape index (κ2) is 9.00. The molecule has 1 aliphatic carbocycles. The number of likely N-dealkylation sites (N-methyl/N-ethyl adjacent to an activating group) is 1. The SMILES string of the molecule is CN(CCc1ccccn1)C(=O)CC1CCCCC1N.Cl. The summed E-state index contributed by atoms with van der Waals surface area (Å²) in [5.74, 6) is 0.580. The number of aromatic nitrogens is 1. The summed E-state index contributed by atoms with van der Waals surface area (Å²) in [7, 11) is 1.87. The van der Waals surface area contributed by atoms with Crippen LogP contribution in [0.3, 0.4) is 0 Å². The van der Waals surface area contributed by atoms with Crippen LogP contribution in [0.5, 0.6) is 0 Å². The molecule has 2 N–H and O–H groups in total. The van der Waals surface area contributed by atoms with Crippen molar-refractivity contribution in [3.8, 4) is 0 Å². The van der Waals surface area contributed by atoms with Crippen LogP contribution in [0.15, 0.2) is 24.4 Å². The van der Waals surface area contributed by atoms with Crippen molar-refractivity contribution in [3.05, 3.63) is 30.1 Å². The quantitative estimate of drug-likeness (QED) is 0.908. The summed E-state index contributed by atoms with van der Waals surface area (Å²) in [6, 6.07) is 6.08. The van der Waals surface area contributed by atoms with E-state index >= 15 is 0 Å². The third kappa shape index (κ3) is 5.64. The Kier molecular flexibility index (Phi) is 7.68. The Morgan fingerprint density at radius 3 is 2.81 bits per heavy atom. The number of halogens is 1. The first kappa shape index (κ1) is 17.9. The summed E-state index contributed by atoms with van der Waals surface area (Å²) in [6.45, 7) is 0.720. The summed E-state index contributed by atoms with van der Waals surface area (Å²) >= 11 is 0. The number of hydrogen-bond acceptors (Lipinski definition) is 3. The van der Waals surface area contributed by atoms with Crippen molar-refractivity contribution < 1.29 is 4.79 Å². The molecule has 4 nitrogen and oxygen atoms in total. The Morgan fingerprint density at radius 2 is 2.14 bits per heavy atom. The average molecular weight is 312 g/mol. The van der Waals surface area contributed by atoms with Gasteiger partial charge in [-0.2, -0.15) is 0 Å². The van der Waals surface area contributed by atoms with Crippen molar-refractivity contribution >= 4 is 18.3 Å². The average Bonchev–Trinajstić information content (AvgIpc) is 2.48. The third-order valence-electron chi connectivity index (χ3n) is 4.26. The van der Waals surface area contributed by atoms with Crippen LogP contribution in [0.25, 0.3) is 0 Å². The summed E-state index contributed by atoms with van der Waals surface area (Å²) in [5.41, 5.74) is 7.14. The van der Waals surface area contributed by atoms with Gasteiger partial charge in [0.2, 0.25) is 5.91 Å². The van der Waals surface area contributed by atoms with Gasteiger partial charge in [-0.05, 0) is 30.9 Å². The van der Waals surface area contributed by atoms with Crippen LogP contribution in [0.4, 0.5) is 0 Å². The fraction of sp³-hybridized carbons (Fsp3) is 0.625. The highest BCUT2D eigenvalue weighted by atomic mass is 35.5. The Bertz CT molecular complexity index is 427. The highest BCUT2D eigenvalue weighted by Crippen LogP contribution is 2.26. The van der Waals surface area contributed by atoms with Gasteiger partial charge in [0.05, 0.1) is 0 Å². The minimum atomic E-state index is 0. The molecule has 1 fully saturated rings. The maximum atomic E-state index is 12.2. The highest BCUT2D eigenvalue weighted by Gasteiger charge is 2.25. The molecule has 0 bridgehead atoms.